The summed E-state index contributed by atoms with van der Waals surface area (Å²) >= 11 is 1.02. The second-order valence-corrected chi connectivity index (χ2v) is 3.84. The van der Waals surface area contributed by atoms with Crippen molar-refractivity contribution >= 4 is 33.5 Å². The number of nitrogens with zero attached hydrogens (tertiary/aromatic N) is 1. The molecule has 0 saturated carbocycles. The number of rotatable bonds is 2. The van der Waals surface area contributed by atoms with Crippen molar-refractivity contribution in [2.75, 3.05) is 0 Å². The third kappa shape index (κ3) is 1.66. The number of carboxylic acids is 2. The molecular formula is C9H5NO4S. The molecule has 2 N–H and O–H groups in total. The molecule has 0 saturated heterocycles. The molecule has 0 spiro atoms. The number of benzene rings is 1. The Hall–Kier alpha value is -1.95. The molecule has 0 unspecified atom stereocenters. The second kappa shape index (κ2) is 3.32. The van der Waals surface area contributed by atoms with Crippen molar-refractivity contribution in [3.8, 4) is 0 Å². The topological polar surface area (TPSA) is 87.5 Å². The molecule has 0 aliphatic carbocycles. The van der Waals surface area contributed by atoms with Gasteiger partial charge in [0.2, 0.25) is 5.01 Å². The van der Waals surface area contributed by atoms with Crippen LogP contribution in [0.25, 0.3) is 10.2 Å². The highest BCUT2D eigenvalue weighted by Crippen LogP contribution is 2.23. The average Bonchev–Trinajstić information content (AvgIpc) is 2.59. The maximum absolute atomic E-state index is 10.6. The summed E-state index contributed by atoms with van der Waals surface area (Å²) < 4.78 is 0.664. The molecule has 1 aromatic carbocycles. The molecule has 0 bridgehead atoms. The van der Waals surface area contributed by atoms with Crippen molar-refractivity contribution in [2.24, 2.45) is 0 Å². The largest absolute Gasteiger partial charge is 0.478 e. The fourth-order valence-electron chi connectivity index (χ4n) is 1.15. The molecule has 0 fully saturated rings. The van der Waals surface area contributed by atoms with Crippen LogP contribution in [0.2, 0.25) is 0 Å². The number of fused-ring (bicyclic) bond motifs is 1. The van der Waals surface area contributed by atoms with E-state index in [2.05, 4.69) is 4.98 Å². The fraction of sp³-hybridized carbons (Fsp3) is 0. The Morgan fingerprint density at radius 2 is 1.93 bits per heavy atom. The maximum Gasteiger partial charge on any atom is 0.365 e. The minimum absolute atomic E-state index is 0.0347. The van der Waals surface area contributed by atoms with Crippen LogP contribution in [0.4, 0.5) is 0 Å². The van der Waals surface area contributed by atoms with E-state index in [9.17, 15) is 9.59 Å². The van der Waals surface area contributed by atoms with Crippen LogP contribution in [0.5, 0.6) is 0 Å². The van der Waals surface area contributed by atoms with Crippen LogP contribution < -0.4 is 0 Å². The Balaban J connectivity index is 2.62. The number of thiazole rings is 1. The number of carbonyl (C=O) groups is 2. The molecule has 15 heavy (non-hydrogen) atoms. The summed E-state index contributed by atoms with van der Waals surface area (Å²) in [4.78, 5) is 25.1. The highest BCUT2D eigenvalue weighted by atomic mass is 32.1. The van der Waals surface area contributed by atoms with Gasteiger partial charge in [-0.2, -0.15) is 0 Å². The van der Waals surface area contributed by atoms with Crippen molar-refractivity contribution in [2.45, 2.75) is 0 Å². The molecule has 0 amide bonds. The third-order valence-corrected chi connectivity index (χ3v) is 2.84. The van der Waals surface area contributed by atoms with Gasteiger partial charge in [-0.1, -0.05) is 0 Å². The van der Waals surface area contributed by atoms with E-state index in [0.717, 1.165) is 11.3 Å². The molecule has 76 valence electrons. The van der Waals surface area contributed by atoms with Crippen LogP contribution in [0, 0.1) is 0 Å². The number of carboxylic acid groups (broad SMARTS) is 2. The van der Waals surface area contributed by atoms with E-state index < -0.39 is 11.9 Å². The molecule has 0 radical (unpaired) electrons. The lowest BCUT2D eigenvalue weighted by Crippen LogP contribution is -1.95. The molecule has 6 heteroatoms. The SMILES string of the molecule is O=C(O)c1ccc2sc(C(=O)O)nc2c1. The minimum Gasteiger partial charge on any atom is -0.478 e. The summed E-state index contributed by atoms with van der Waals surface area (Å²) in [6.07, 6.45) is 0. The summed E-state index contributed by atoms with van der Waals surface area (Å²) in [6.45, 7) is 0. The maximum atomic E-state index is 10.6. The standard InChI is InChI=1S/C9H5NO4S/c11-8(12)4-1-2-6-5(3-4)10-7(15-6)9(13)14/h1-3H,(H,11,12)(H,13,14). The Labute approximate surface area is 87.6 Å². The van der Waals surface area contributed by atoms with E-state index in [1.807, 2.05) is 0 Å². The van der Waals surface area contributed by atoms with Gasteiger partial charge in [0.25, 0.3) is 0 Å². The van der Waals surface area contributed by atoms with E-state index in [-0.39, 0.29) is 10.6 Å². The lowest BCUT2D eigenvalue weighted by Gasteiger charge is -1.91. The van der Waals surface area contributed by atoms with Crippen molar-refractivity contribution in [1.82, 2.24) is 4.98 Å². The fourth-order valence-corrected chi connectivity index (χ4v) is 1.94. The van der Waals surface area contributed by atoms with E-state index in [4.69, 9.17) is 10.2 Å². The second-order valence-electron chi connectivity index (χ2n) is 2.81. The third-order valence-electron chi connectivity index (χ3n) is 1.82. The first-order valence-electron chi connectivity index (χ1n) is 3.95. The van der Waals surface area contributed by atoms with Gasteiger partial charge >= 0.3 is 11.9 Å². The first-order chi connectivity index (χ1) is 7.08. The molecule has 5 nitrogen and oxygen atoms in total. The van der Waals surface area contributed by atoms with Gasteiger partial charge in [-0.05, 0) is 18.2 Å². The first-order valence-corrected chi connectivity index (χ1v) is 4.77. The summed E-state index contributed by atoms with van der Waals surface area (Å²) in [5.41, 5.74) is 0.502. The van der Waals surface area contributed by atoms with Gasteiger partial charge in [-0.15, -0.1) is 11.3 Å². The van der Waals surface area contributed by atoms with Crippen molar-refractivity contribution < 1.29 is 19.8 Å². The molecular weight excluding hydrogens is 218 g/mol. The summed E-state index contributed by atoms with van der Waals surface area (Å²) in [5.74, 6) is -2.16. The van der Waals surface area contributed by atoms with E-state index in [0.29, 0.717) is 10.2 Å². The molecule has 1 heterocycles. The Morgan fingerprint density at radius 3 is 2.53 bits per heavy atom. The van der Waals surface area contributed by atoms with Crippen LogP contribution in [-0.2, 0) is 0 Å². The summed E-state index contributed by atoms with van der Waals surface area (Å²) in [5, 5.41) is 17.4. The summed E-state index contributed by atoms with van der Waals surface area (Å²) in [6, 6.07) is 4.35. The van der Waals surface area contributed by atoms with Gasteiger partial charge in [-0.25, -0.2) is 14.6 Å². The lowest BCUT2D eigenvalue weighted by atomic mass is 10.2. The normalized spacial score (nSPS) is 10.4. The zero-order chi connectivity index (χ0) is 11.0. The highest BCUT2D eigenvalue weighted by molar-refractivity contribution is 7.20. The lowest BCUT2D eigenvalue weighted by molar-refractivity contribution is 0.0687. The predicted octanol–water partition coefficient (Wildman–Crippen LogP) is 1.69. The van der Waals surface area contributed by atoms with Crippen molar-refractivity contribution in [1.29, 1.82) is 0 Å². The van der Waals surface area contributed by atoms with E-state index >= 15 is 0 Å². The van der Waals surface area contributed by atoms with Gasteiger partial charge < -0.3 is 10.2 Å². The zero-order valence-electron chi connectivity index (χ0n) is 7.30. The quantitative estimate of drug-likeness (QED) is 0.808. The Bertz CT molecular complexity index is 548. The van der Waals surface area contributed by atoms with Crippen molar-refractivity contribution in [3.05, 3.63) is 28.8 Å². The highest BCUT2D eigenvalue weighted by Gasteiger charge is 2.12. The van der Waals surface area contributed by atoms with Crippen LogP contribution in [0.1, 0.15) is 20.2 Å². The van der Waals surface area contributed by atoms with E-state index in [1.54, 1.807) is 6.07 Å². The first kappa shape index (κ1) is 9.60. The molecule has 2 aromatic rings. The molecule has 0 atom stereocenters. The van der Waals surface area contributed by atoms with Gasteiger partial charge in [0.05, 0.1) is 15.8 Å². The molecule has 0 aliphatic heterocycles. The summed E-state index contributed by atoms with van der Waals surface area (Å²) in [7, 11) is 0. The van der Waals surface area contributed by atoms with Gasteiger partial charge in [0.1, 0.15) is 0 Å². The Morgan fingerprint density at radius 1 is 1.20 bits per heavy atom. The molecule has 2 rings (SSSR count). The van der Waals surface area contributed by atoms with Gasteiger partial charge in [0, 0.05) is 0 Å². The van der Waals surface area contributed by atoms with Gasteiger partial charge in [-0.3, -0.25) is 0 Å². The number of hydrogen-bond acceptors (Lipinski definition) is 4. The molecule has 1 aromatic heterocycles. The van der Waals surface area contributed by atoms with Crippen LogP contribution >= 0.6 is 11.3 Å². The zero-order valence-corrected chi connectivity index (χ0v) is 8.11. The smallest absolute Gasteiger partial charge is 0.365 e. The number of aromatic carboxylic acids is 2. The predicted molar refractivity (Wildman–Crippen MR) is 53.5 cm³/mol. The number of hydrogen-bond donors (Lipinski definition) is 2. The molecule has 0 aliphatic rings. The van der Waals surface area contributed by atoms with E-state index in [1.165, 1.54) is 12.1 Å². The van der Waals surface area contributed by atoms with Crippen molar-refractivity contribution in [3.63, 3.8) is 0 Å². The average molecular weight is 223 g/mol. The monoisotopic (exact) mass is 223 g/mol. The van der Waals surface area contributed by atoms with Crippen LogP contribution in [0.15, 0.2) is 18.2 Å². The number of aromatic nitrogens is 1. The Kier molecular flexibility index (Phi) is 2.12. The van der Waals surface area contributed by atoms with Crippen LogP contribution in [-0.4, -0.2) is 27.1 Å². The minimum atomic E-state index is -1.10. The van der Waals surface area contributed by atoms with Crippen LogP contribution in [0.3, 0.4) is 0 Å². The van der Waals surface area contributed by atoms with Gasteiger partial charge in [0.15, 0.2) is 0 Å².